The summed E-state index contributed by atoms with van der Waals surface area (Å²) in [6.45, 7) is 9.34. The molecule has 1 saturated carbocycles. The third kappa shape index (κ3) is 3.65. The molecule has 0 heterocycles. The fourth-order valence-electron chi connectivity index (χ4n) is 2.47. The van der Waals surface area contributed by atoms with Crippen LogP contribution in [0.3, 0.4) is 0 Å². The van der Waals surface area contributed by atoms with Crippen LogP contribution in [0.25, 0.3) is 0 Å². The quantitative estimate of drug-likeness (QED) is 0.845. The fraction of sp³-hybridized carbons (Fsp3) is 0.611. The standard InChI is InChI=1S/C18H27NO2/c1-17(2,3)14-8-10-15(11-9-14)18(4,16(20)21-5)19-12-13-6-7-13/h8-11,13,19H,6-7,12H2,1-5H3. The van der Waals surface area contributed by atoms with E-state index >= 15 is 0 Å². The maximum absolute atomic E-state index is 12.3. The Labute approximate surface area is 128 Å². The molecular weight excluding hydrogens is 262 g/mol. The monoisotopic (exact) mass is 289 g/mol. The number of hydrogen-bond donors (Lipinski definition) is 1. The first-order valence-corrected chi connectivity index (χ1v) is 7.72. The van der Waals surface area contributed by atoms with Crippen LogP contribution in [0.5, 0.6) is 0 Å². The van der Waals surface area contributed by atoms with Gasteiger partial charge in [-0.1, -0.05) is 45.0 Å². The van der Waals surface area contributed by atoms with Crippen LogP contribution in [-0.2, 0) is 20.5 Å². The zero-order valence-electron chi connectivity index (χ0n) is 13.8. The van der Waals surface area contributed by atoms with Gasteiger partial charge in [-0.3, -0.25) is 5.32 Å². The van der Waals surface area contributed by atoms with Crippen molar-refractivity contribution >= 4 is 5.97 Å². The van der Waals surface area contributed by atoms with Crippen molar-refractivity contribution < 1.29 is 9.53 Å². The van der Waals surface area contributed by atoms with E-state index in [-0.39, 0.29) is 11.4 Å². The SMILES string of the molecule is COC(=O)C(C)(NCC1CC1)c1ccc(C(C)(C)C)cc1. The van der Waals surface area contributed by atoms with Crippen molar-refractivity contribution in [2.45, 2.75) is 51.5 Å². The topological polar surface area (TPSA) is 38.3 Å². The lowest BCUT2D eigenvalue weighted by molar-refractivity contribution is -0.148. The molecule has 0 spiro atoms. The molecule has 3 nitrogen and oxygen atoms in total. The number of methoxy groups -OCH3 is 1. The summed E-state index contributed by atoms with van der Waals surface area (Å²) in [4.78, 5) is 12.3. The average molecular weight is 289 g/mol. The van der Waals surface area contributed by atoms with Gasteiger partial charge >= 0.3 is 5.97 Å². The summed E-state index contributed by atoms with van der Waals surface area (Å²) in [7, 11) is 1.45. The lowest BCUT2D eigenvalue weighted by atomic mass is 9.84. The Kier molecular flexibility index (Phi) is 4.43. The van der Waals surface area contributed by atoms with Crippen molar-refractivity contribution in [3.8, 4) is 0 Å². The molecule has 2 rings (SSSR count). The molecule has 0 aliphatic heterocycles. The van der Waals surface area contributed by atoms with Gasteiger partial charge in [0.25, 0.3) is 0 Å². The Bertz CT molecular complexity index is 497. The molecule has 1 fully saturated rings. The Balaban J connectivity index is 2.24. The van der Waals surface area contributed by atoms with Gasteiger partial charge in [-0.15, -0.1) is 0 Å². The van der Waals surface area contributed by atoms with Gasteiger partial charge in [-0.2, -0.15) is 0 Å². The van der Waals surface area contributed by atoms with Crippen LogP contribution in [-0.4, -0.2) is 19.6 Å². The molecule has 1 aliphatic carbocycles. The highest BCUT2D eigenvalue weighted by atomic mass is 16.5. The van der Waals surface area contributed by atoms with Gasteiger partial charge in [-0.25, -0.2) is 4.79 Å². The lowest BCUT2D eigenvalue weighted by Gasteiger charge is -2.29. The highest BCUT2D eigenvalue weighted by Crippen LogP contribution is 2.31. The van der Waals surface area contributed by atoms with Gasteiger partial charge in [0.15, 0.2) is 0 Å². The molecule has 116 valence electrons. The van der Waals surface area contributed by atoms with Crippen LogP contribution in [0.1, 0.15) is 51.7 Å². The van der Waals surface area contributed by atoms with E-state index in [0.717, 1.165) is 12.1 Å². The Morgan fingerprint density at radius 3 is 2.10 bits per heavy atom. The van der Waals surface area contributed by atoms with Gasteiger partial charge in [0, 0.05) is 0 Å². The molecule has 21 heavy (non-hydrogen) atoms. The van der Waals surface area contributed by atoms with E-state index < -0.39 is 5.54 Å². The molecule has 1 atom stereocenters. The Morgan fingerprint density at radius 2 is 1.67 bits per heavy atom. The van der Waals surface area contributed by atoms with Gasteiger partial charge in [0.2, 0.25) is 0 Å². The van der Waals surface area contributed by atoms with E-state index in [1.165, 1.54) is 25.5 Å². The van der Waals surface area contributed by atoms with E-state index in [2.05, 4.69) is 38.2 Å². The van der Waals surface area contributed by atoms with Crippen LogP contribution in [0.15, 0.2) is 24.3 Å². The highest BCUT2D eigenvalue weighted by Gasteiger charge is 2.37. The maximum Gasteiger partial charge on any atom is 0.330 e. The third-order valence-electron chi connectivity index (χ3n) is 4.36. The van der Waals surface area contributed by atoms with E-state index in [9.17, 15) is 4.79 Å². The minimum atomic E-state index is -0.770. The van der Waals surface area contributed by atoms with Crippen molar-refractivity contribution in [1.29, 1.82) is 0 Å². The van der Waals surface area contributed by atoms with Crippen LogP contribution < -0.4 is 5.32 Å². The van der Waals surface area contributed by atoms with Crippen molar-refractivity contribution in [3.05, 3.63) is 35.4 Å². The molecule has 1 N–H and O–H groups in total. The fourth-order valence-corrected chi connectivity index (χ4v) is 2.47. The Hall–Kier alpha value is -1.35. The molecule has 1 unspecified atom stereocenters. The number of ether oxygens (including phenoxy) is 1. The molecule has 0 amide bonds. The number of carbonyl (C=O) groups excluding carboxylic acids is 1. The van der Waals surface area contributed by atoms with Crippen LogP contribution >= 0.6 is 0 Å². The van der Waals surface area contributed by atoms with Crippen molar-refractivity contribution in [1.82, 2.24) is 5.32 Å². The predicted molar refractivity (Wildman–Crippen MR) is 85.2 cm³/mol. The maximum atomic E-state index is 12.3. The van der Waals surface area contributed by atoms with Crippen LogP contribution in [0.4, 0.5) is 0 Å². The second-order valence-corrected chi connectivity index (χ2v) is 7.27. The van der Waals surface area contributed by atoms with Gasteiger partial charge in [0.05, 0.1) is 7.11 Å². The van der Waals surface area contributed by atoms with Gasteiger partial charge in [-0.05, 0) is 48.8 Å². The number of esters is 1. The molecule has 1 aliphatic rings. The summed E-state index contributed by atoms with van der Waals surface area (Å²) in [6.07, 6.45) is 2.51. The first-order chi connectivity index (χ1) is 9.77. The van der Waals surface area contributed by atoms with E-state index in [0.29, 0.717) is 5.92 Å². The highest BCUT2D eigenvalue weighted by molar-refractivity contribution is 5.82. The zero-order valence-corrected chi connectivity index (χ0v) is 13.8. The number of nitrogens with one attached hydrogen (secondary N) is 1. The first-order valence-electron chi connectivity index (χ1n) is 7.72. The predicted octanol–water partition coefficient (Wildman–Crippen LogP) is 3.37. The summed E-state index contributed by atoms with van der Waals surface area (Å²) in [5, 5.41) is 3.41. The average Bonchev–Trinajstić information content (AvgIpc) is 3.27. The zero-order chi connectivity index (χ0) is 15.7. The van der Waals surface area contributed by atoms with Gasteiger partial charge in [0.1, 0.15) is 5.54 Å². The van der Waals surface area contributed by atoms with E-state index in [1.807, 2.05) is 19.1 Å². The smallest absolute Gasteiger partial charge is 0.330 e. The number of carbonyl (C=O) groups is 1. The molecular formula is C18H27NO2. The second kappa shape index (κ2) is 5.80. The molecule has 0 aromatic heterocycles. The molecule has 0 bridgehead atoms. The number of rotatable bonds is 5. The summed E-state index contributed by atoms with van der Waals surface area (Å²) in [5.74, 6) is 0.481. The van der Waals surface area contributed by atoms with Crippen LogP contribution in [0, 0.1) is 5.92 Å². The Morgan fingerprint density at radius 1 is 1.14 bits per heavy atom. The van der Waals surface area contributed by atoms with E-state index in [4.69, 9.17) is 4.74 Å². The molecule has 0 saturated heterocycles. The minimum absolute atomic E-state index is 0.113. The molecule has 3 heteroatoms. The largest absolute Gasteiger partial charge is 0.467 e. The molecule has 0 radical (unpaired) electrons. The summed E-state index contributed by atoms with van der Waals surface area (Å²) >= 11 is 0. The number of hydrogen-bond acceptors (Lipinski definition) is 3. The number of benzene rings is 1. The van der Waals surface area contributed by atoms with Crippen molar-refractivity contribution in [2.75, 3.05) is 13.7 Å². The van der Waals surface area contributed by atoms with E-state index in [1.54, 1.807) is 0 Å². The van der Waals surface area contributed by atoms with Crippen LogP contribution in [0.2, 0.25) is 0 Å². The molecule has 1 aromatic carbocycles. The lowest BCUT2D eigenvalue weighted by Crippen LogP contribution is -2.48. The van der Waals surface area contributed by atoms with Crippen molar-refractivity contribution in [2.24, 2.45) is 5.92 Å². The molecule has 1 aromatic rings. The first kappa shape index (κ1) is 16.0. The minimum Gasteiger partial charge on any atom is -0.467 e. The normalized spacial score (nSPS) is 18.1. The summed E-state index contributed by atoms with van der Waals surface area (Å²) in [5.41, 5.74) is 1.57. The summed E-state index contributed by atoms with van der Waals surface area (Å²) in [6, 6.07) is 8.29. The summed E-state index contributed by atoms with van der Waals surface area (Å²) < 4.78 is 5.02. The van der Waals surface area contributed by atoms with Gasteiger partial charge < -0.3 is 4.74 Å². The van der Waals surface area contributed by atoms with Crippen molar-refractivity contribution in [3.63, 3.8) is 0 Å². The third-order valence-corrected chi connectivity index (χ3v) is 4.36. The second-order valence-electron chi connectivity index (χ2n) is 7.27.